The fourth-order valence-electron chi connectivity index (χ4n) is 5.14. The summed E-state index contributed by atoms with van der Waals surface area (Å²) in [6.07, 6.45) is 1.23. The van der Waals surface area contributed by atoms with Gasteiger partial charge in [0.2, 0.25) is 6.10 Å². The quantitative estimate of drug-likeness (QED) is 0.0444. The zero-order valence-electron chi connectivity index (χ0n) is 25.4. The van der Waals surface area contributed by atoms with Gasteiger partial charge in [0.25, 0.3) is 11.8 Å². The smallest absolute Gasteiger partial charge is 0.351 e. The van der Waals surface area contributed by atoms with E-state index in [9.17, 15) is 24.3 Å². The number of carbonyl (C=O) groups is 4. The van der Waals surface area contributed by atoms with Crippen LogP contribution < -0.4 is 31.4 Å². The van der Waals surface area contributed by atoms with E-state index in [1.807, 2.05) is 28.3 Å². The Hall–Kier alpha value is -4.46. The predicted molar refractivity (Wildman–Crippen MR) is 171 cm³/mol. The number of carboxylic acids is 2. The number of thiazole rings is 1. The lowest BCUT2D eigenvalue weighted by Crippen LogP contribution is -2.71. The average molecular weight is 707 g/mol. The van der Waals surface area contributed by atoms with Gasteiger partial charge in [-0.1, -0.05) is 28.1 Å². The molecule has 3 aromatic rings. The number of hydrogen-bond acceptors (Lipinski definition) is 14. The highest BCUT2D eigenvalue weighted by Gasteiger charge is 2.53. The molecule has 0 bridgehead atoms. The van der Waals surface area contributed by atoms with Crippen LogP contribution >= 0.6 is 34.7 Å². The molecule has 2 unspecified atom stereocenters. The van der Waals surface area contributed by atoms with Gasteiger partial charge in [-0.2, -0.15) is 0 Å². The number of nitrogens with one attached hydrogen (secondary N) is 3. The van der Waals surface area contributed by atoms with Crippen LogP contribution in [0.3, 0.4) is 0 Å². The Balaban J connectivity index is 1.39. The number of rotatable bonds is 14. The number of imidazole rings is 1. The van der Waals surface area contributed by atoms with Gasteiger partial charge in [-0.05, 0) is 44.1 Å². The molecule has 5 heterocycles. The first-order valence-corrected chi connectivity index (χ1v) is 16.5. The summed E-state index contributed by atoms with van der Waals surface area (Å²) in [5, 5.41) is 33.3. The van der Waals surface area contributed by atoms with Crippen molar-refractivity contribution < 1.29 is 38.8 Å². The van der Waals surface area contributed by atoms with Crippen molar-refractivity contribution in [2.45, 2.75) is 44.0 Å². The number of aromatic nitrogens is 4. The standard InChI is InChI=1S/C27H31ClN10O7S2/c1-12(24(41)42)45-35-16(15-19(28)47-26(29)33-15)21(39)32-17-22(40)38-18(25(43)44)13(11-46-23(17)38)10-36-8-4-6-14-20(36)34-27(31-3)37(14)9-5-7-30-2/h4,6,8,12,17,23,30H,5,7,9-11H2,1-3H3,(H5,29,32,33,39,41,42,43,44)/b35-16-/t12-,17?,23?/m0/s1. The van der Waals surface area contributed by atoms with E-state index in [0.717, 1.165) is 34.7 Å². The Kier molecular flexibility index (Phi) is 10.2. The Morgan fingerprint density at radius 3 is 2.74 bits per heavy atom. The fourth-order valence-corrected chi connectivity index (χ4v) is 7.40. The number of aryl methyl sites for hydroxylation is 1. The molecule has 250 valence electrons. The maximum Gasteiger partial charge on any atom is 0.351 e. The van der Waals surface area contributed by atoms with Gasteiger partial charge in [-0.15, -0.1) is 11.8 Å². The van der Waals surface area contributed by atoms with Gasteiger partial charge in [0, 0.05) is 24.9 Å². The van der Waals surface area contributed by atoms with Gasteiger partial charge in [-0.3, -0.25) is 19.1 Å². The fraction of sp³-hybridized carbons (Fsp3) is 0.407. The number of nitrogens with zero attached hydrogens (tertiary/aromatic N) is 6. The number of thioether (sulfide) groups is 1. The highest BCUT2D eigenvalue weighted by Crippen LogP contribution is 2.40. The van der Waals surface area contributed by atoms with Gasteiger partial charge in [-0.25, -0.2) is 14.3 Å². The SMILES string of the molecule is CNCCCn1c(NC)nc2c1ccc[n+]2CC1=C(C(=O)[O-])N2C(=O)C(NC(=O)/C(=N\O[C@@H](C)C(=O)O)c3nc(N)sc3Cl)C2SC1. The summed E-state index contributed by atoms with van der Waals surface area (Å²) in [7, 11) is 3.66. The van der Waals surface area contributed by atoms with Crippen molar-refractivity contribution in [1.29, 1.82) is 0 Å². The molecule has 0 aliphatic carbocycles. The number of hydrogen-bond donors (Lipinski definition) is 5. The Labute approximate surface area is 280 Å². The first-order valence-electron chi connectivity index (χ1n) is 14.3. The second kappa shape index (κ2) is 14.1. The van der Waals surface area contributed by atoms with E-state index in [4.69, 9.17) is 32.3 Å². The van der Waals surface area contributed by atoms with Crippen LogP contribution in [0, 0.1) is 0 Å². The van der Waals surface area contributed by atoms with E-state index in [0.29, 0.717) is 23.7 Å². The summed E-state index contributed by atoms with van der Waals surface area (Å²) in [5.41, 5.74) is 6.68. The largest absolute Gasteiger partial charge is 0.543 e. The third-order valence-corrected chi connectivity index (χ3v) is 9.81. The van der Waals surface area contributed by atoms with Crippen molar-refractivity contribution in [3.05, 3.63) is 39.6 Å². The van der Waals surface area contributed by atoms with Crippen LogP contribution in [-0.2, 0) is 37.1 Å². The number of nitrogens with two attached hydrogens (primary N) is 1. The van der Waals surface area contributed by atoms with E-state index < -0.39 is 47.0 Å². The molecule has 2 amide bonds. The Morgan fingerprint density at radius 1 is 1.34 bits per heavy atom. The number of β-lactam (4-membered cyclic amide) rings is 1. The van der Waals surface area contributed by atoms with E-state index >= 15 is 0 Å². The Morgan fingerprint density at radius 2 is 2.11 bits per heavy atom. The topological polar surface area (TPSA) is 233 Å². The van der Waals surface area contributed by atoms with E-state index in [2.05, 4.69) is 26.1 Å². The van der Waals surface area contributed by atoms with Crippen LogP contribution in [0.4, 0.5) is 11.1 Å². The number of fused-ring (bicyclic) bond motifs is 2. The van der Waals surface area contributed by atoms with Crippen LogP contribution in [0.25, 0.3) is 11.2 Å². The number of carboxylic acid groups (broad SMARTS) is 2. The lowest BCUT2D eigenvalue weighted by atomic mass is 10.0. The normalized spacial score (nSPS) is 18.5. The summed E-state index contributed by atoms with van der Waals surface area (Å²) < 4.78 is 3.85. The van der Waals surface area contributed by atoms with Crippen molar-refractivity contribution in [3.8, 4) is 0 Å². The monoisotopic (exact) mass is 706 g/mol. The number of amides is 2. The second-order valence-electron chi connectivity index (χ2n) is 10.4. The second-order valence-corrected chi connectivity index (χ2v) is 13.2. The molecule has 2 aliphatic heterocycles. The number of oxime groups is 1. The summed E-state index contributed by atoms with van der Waals surface area (Å²) in [6, 6.07) is 2.63. The molecule has 0 saturated carbocycles. The first kappa shape index (κ1) is 33.9. The Bertz CT molecular complexity index is 1810. The molecule has 0 aromatic carbocycles. The highest BCUT2D eigenvalue weighted by atomic mass is 35.5. The summed E-state index contributed by atoms with van der Waals surface area (Å²) in [5.74, 6) is -3.65. The number of carbonyl (C=O) groups excluding carboxylic acids is 3. The molecule has 6 N–H and O–H groups in total. The first-order chi connectivity index (χ1) is 22.5. The van der Waals surface area contributed by atoms with E-state index in [1.54, 1.807) is 13.2 Å². The highest BCUT2D eigenvalue weighted by molar-refractivity contribution is 8.00. The van der Waals surface area contributed by atoms with Crippen molar-refractivity contribution in [3.63, 3.8) is 0 Å². The summed E-state index contributed by atoms with van der Waals surface area (Å²) in [4.78, 5) is 65.1. The molecule has 5 rings (SSSR count). The van der Waals surface area contributed by atoms with Crippen LogP contribution in [-0.4, -0.2) is 97.9 Å². The molecule has 1 saturated heterocycles. The van der Waals surface area contributed by atoms with Crippen molar-refractivity contribution >= 4 is 86.4 Å². The van der Waals surface area contributed by atoms with Crippen molar-refractivity contribution in [2.75, 3.05) is 37.4 Å². The van der Waals surface area contributed by atoms with Crippen LogP contribution in [0.2, 0.25) is 4.34 Å². The average Bonchev–Trinajstić information content (AvgIpc) is 3.57. The maximum atomic E-state index is 13.4. The molecular formula is C27H31ClN10O7S2. The zero-order valence-corrected chi connectivity index (χ0v) is 27.7. The number of nitrogen functional groups attached to an aromatic ring is 1. The summed E-state index contributed by atoms with van der Waals surface area (Å²) in [6.45, 7) is 2.85. The van der Waals surface area contributed by atoms with Gasteiger partial charge >= 0.3 is 17.6 Å². The van der Waals surface area contributed by atoms with Crippen LogP contribution in [0.1, 0.15) is 19.0 Å². The number of anilines is 2. The molecule has 17 nitrogen and oxygen atoms in total. The molecule has 0 radical (unpaired) electrons. The van der Waals surface area contributed by atoms with Gasteiger partial charge in [0.15, 0.2) is 10.8 Å². The van der Waals surface area contributed by atoms with Crippen LogP contribution in [0.15, 0.2) is 34.8 Å². The van der Waals surface area contributed by atoms with Crippen LogP contribution in [0.5, 0.6) is 0 Å². The minimum absolute atomic E-state index is 0.0121. The molecule has 47 heavy (non-hydrogen) atoms. The molecule has 3 aromatic heterocycles. The predicted octanol–water partition coefficient (Wildman–Crippen LogP) is -1.03. The zero-order chi connectivity index (χ0) is 34.0. The third-order valence-electron chi connectivity index (χ3n) is 7.39. The van der Waals surface area contributed by atoms with Gasteiger partial charge < -0.3 is 41.5 Å². The number of aliphatic carboxylic acids is 2. The van der Waals surface area contributed by atoms with Gasteiger partial charge in [0.05, 0.1) is 17.9 Å². The lowest BCUT2D eigenvalue weighted by Gasteiger charge is -2.50. The number of halogens is 1. The van der Waals surface area contributed by atoms with E-state index in [-0.39, 0.29) is 33.2 Å². The molecule has 2 aliphatic rings. The molecule has 0 spiro atoms. The number of pyridine rings is 1. The van der Waals surface area contributed by atoms with E-state index in [1.165, 1.54) is 18.7 Å². The molecular weight excluding hydrogens is 676 g/mol. The lowest BCUT2D eigenvalue weighted by molar-refractivity contribution is -0.664. The summed E-state index contributed by atoms with van der Waals surface area (Å²) >= 11 is 8.29. The molecule has 20 heteroatoms. The third kappa shape index (κ3) is 6.69. The molecule has 1 fully saturated rings. The maximum absolute atomic E-state index is 13.4. The molecule has 3 atom stereocenters. The van der Waals surface area contributed by atoms with Gasteiger partial charge in [0.1, 0.15) is 33.5 Å². The minimum Gasteiger partial charge on any atom is -0.543 e. The van der Waals surface area contributed by atoms with Crippen molar-refractivity contribution in [2.24, 2.45) is 5.16 Å². The minimum atomic E-state index is -1.53. The van der Waals surface area contributed by atoms with Crippen molar-refractivity contribution in [1.82, 2.24) is 30.1 Å².